The summed E-state index contributed by atoms with van der Waals surface area (Å²) in [5, 5.41) is 13.5. The lowest BCUT2D eigenvalue weighted by Crippen LogP contribution is -2.44. The van der Waals surface area contributed by atoms with Crippen LogP contribution in [-0.2, 0) is 10.7 Å². The molecule has 0 spiro atoms. The van der Waals surface area contributed by atoms with Gasteiger partial charge in [-0.2, -0.15) is 0 Å². The van der Waals surface area contributed by atoms with Crippen LogP contribution in [0.2, 0.25) is 0 Å². The molecule has 0 amide bonds. The molecule has 1 unspecified atom stereocenters. The van der Waals surface area contributed by atoms with Gasteiger partial charge in [0, 0.05) is 5.54 Å². The maximum atomic E-state index is 12.3. The third kappa shape index (κ3) is 1.58. The molecular formula is C13H18NO. The normalized spacial score (nSPS) is 30.7. The van der Waals surface area contributed by atoms with E-state index in [4.69, 9.17) is 0 Å². The second-order valence-corrected chi connectivity index (χ2v) is 5.25. The van der Waals surface area contributed by atoms with E-state index in [0.717, 1.165) is 18.4 Å². The van der Waals surface area contributed by atoms with E-state index < -0.39 is 0 Å². The SMILES string of the molecule is CC1(C)CCC(C)(c2ccccc2)N1[O]. The van der Waals surface area contributed by atoms with Gasteiger partial charge >= 0.3 is 0 Å². The standard InChI is InChI=1S/C13H18NO/c1-12(2)9-10-13(3,14(12)15)11-7-5-4-6-8-11/h4-8H,9-10H2,1-3H3. The van der Waals surface area contributed by atoms with Gasteiger partial charge in [-0.25, -0.2) is 0 Å². The van der Waals surface area contributed by atoms with Gasteiger partial charge in [-0.1, -0.05) is 30.3 Å². The predicted molar refractivity (Wildman–Crippen MR) is 59.6 cm³/mol. The fraction of sp³-hybridized carbons (Fsp3) is 0.538. The molecule has 2 heteroatoms. The molecule has 2 rings (SSSR count). The highest BCUT2D eigenvalue weighted by Crippen LogP contribution is 2.45. The molecule has 1 saturated heterocycles. The molecule has 0 saturated carbocycles. The van der Waals surface area contributed by atoms with Gasteiger partial charge in [0.15, 0.2) is 0 Å². The van der Waals surface area contributed by atoms with Gasteiger partial charge in [0.2, 0.25) is 0 Å². The van der Waals surface area contributed by atoms with E-state index in [1.807, 2.05) is 51.1 Å². The first-order valence-corrected chi connectivity index (χ1v) is 5.50. The molecule has 1 fully saturated rings. The van der Waals surface area contributed by atoms with Crippen LogP contribution in [0.15, 0.2) is 30.3 Å². The molecule has 1 radical (unpaired) electrons. The average Bonchev–Trinajstić information content (AvgIpc) is 2.45. The summed E-state index contributed by atoms with van der Waals surface area (Å²) in [6.45, 7) is 6.09. The summed E-state index contributed by atoms with van der Waals surface area (Å²) < 4.78 is 0. The van der Waals surface area contributed by atoms with Crippen molar-refractivity contribution in [3.8, 4) is 0 Å². The van der Waals surface area contributed by atoms with Crippen molar-refractivity contribution in [1.82, 2.24) is 5.06 Å². The Morgan fingerprint density at radius 1 is 1.07 bits per heavy atom. The number of hydroxylamine groups is 2. The smallest absolute Gasteiger partial charge is 0.0720 e. The minimum absolute atomic E-state index is 0.232. The molecule has 2 nitrogen and oxygen atoms in total. The van der Waals surface area contributed by atoms with E-state index in [0.29, 0.717) is 0 Å². The Balaban J connectivity index is 2.38. The third-order valence-electron chi connectivity index (χ3n) is 3.62. The van der Waals surface area contributed by atoms with Crippen molar-refractivity contribution < 1.29 is 5.21 Å². The predicted octanol–water partition coefficient (Wildman–Crippen LogP) is 3.12. The topological polar surface area (TPSA) is 23.1 Å². The van der Waals surface area contributed by atoms with Gasteiger partial charge in [-0.05, 0) is 39.2 Å². The monoisotopic (exact) mass is 204 g/mol. The molecule has 1 heterocycles. The number of rotatable bonds is 1. The zero-order chi connectivity index (χ0) is 11.1. The zero-order valence-corrected chi connectivity index (χ0v) is 9.66. The van der Waals surface area contributed by atoms with Gasteiger partial charge in [-0.15, -0.1) is 10.3 Å². The largest absolute Gasteiger partial charge is 0.139 e. The Hall–Kier alpha value is -0.860. The van der Waals surface area contributed by atoms with Crippen LogP contribution in [0.25, 0.3) is 0 Å². The fourth-order valence-electron chi connectivity index (χ4n) is 2.48. The fourth-order valence-corrected chi connectivity index (χ4v) is 2.48. The first kappa shape index (κ1) is 10.7. The van der Waals surface area contributed by atoms with Crippen molar-refractivity contribution in [2.75, 3.05) is 0 Å². The Kier molecular flexibility index (Phi) is 2.36. The molecule has 1 aromatic carbocycles. The van der Waals surface area contributed by atoms with E-state index in [1.54, 1.807) is 0 Å². The summed E-state index contributed by atoms with van der Waals surface area (Å²) >= 11 is 0. The lowest BCUT2D eigenvalue weighted by Gasteiger charge is -2.35. The van der Waals surface area contributed by atoms with E-state index >= 15 is 0 Å². The lowest BCUT2D eigenvalue weighted by atomic mass is 9.90. The minimum atomic E-state index is -0.342. The minimum Gasteiger partial charge on any atom is -0.139 e. The lowest BCUT2D eigenvalue weighted by molar-refractivity contribution is -0.252. The highest BCUT2D eigenvalue weighted by molar-refractivity contribution is 5.25. The van der Waals surface area contributed by atoms with Crippen molar-refractivity contribution in [2.45, 2.75) is 44.7 Å². The summed E-state index contributed by atoms with van der Waals surface area (Å²) in [7, 11) is 0. The quantitative estimate of drug-likeness (QED) is 0.689. The number of hydrogen-bond acceptors (Lipinski definition) is 1. The van der Waals surface area contributed by atoms with Crippen molar-refractivity contribution >= 4 is 0 Å². The van der Waals surface area contributed by atoms with Crippen LogP contribution < -0.4 is 0 Å². The van der Waals surface area contributed by atoms with Crippen molar-refractivity contribution in [1.29, 1.82) is 0 Å². The summed E-state index contributed by atoms with van der Waals surface area (Å²) in [5.41, 5.74) is 0.556. The van der Waals surface area contributed by atoms with Crippen molar-refractivity contribution in [2.24, 2.45) is 0 Å². The highest BCUT2D eigenvalue weighted by Gasteiger charge is 2.49. The number of hydrogen-bond donors (Lipinski definition) is 0. The van der Waals surface area contributed by atoms with E-state index in [9.17, 15) is 5.21 Å². The van der Waals surface area contributed by atoms with Crippen LogP contribution in [0.5, 0.6) is 0 Å². The molecule has 0 aliphatic carbocycles. The molecule has 1 aromatic rings. The Bertz CT molecular complexity index is 347. The van der Waals surface area contributed by atoms with Crippen LogP contribution in [0, 0.1) is 0 Å². The summed E-state index contributed by atoms with van der Waals surface area (Å²) in [5.74, 6) is 0. The van der Waals surface area contributed by atoms with Gasteiger partial charge in [0.05, 0.1) is 5.54 Å². The van der Waals surface area contributed by atoms with Gasteiger partial charge in [0.25, 0.3) is 0 Å². The zero-order valence-electron chi connectivity index (χ0n) is 9.66. The number of benzene rings is 1. The maximum absolute atomic E-state index is 12.3. The second kappa shape index (κ2) is 3.32. The van der Waals surface area contributed by atoms with Crippen molar-refractivity contribution in [3.05, 3.63) is 35.9 Å². The molecule has 0 bridgehead atoms. The third-order valence-corrected chi connectivity index (χ3v) is 3.62. The maximum Gasteiger partial charge on any atom is 0.0720 e. The average molecular weight is 204 g/mol. The summed E-state index contributed by atoms with van der Waals surface area (Å²) in [6.07, 6.45) is 1.90. The molecule has 0 aromatic heterocycles. The van der Waals surface area contributed by atoms with Gasteiger partial charge in [0.1, 0.15) is 0 Å². The first-order chi connectivity index (χ1) is 6.97. The highest BCUT2D eigenvalue weighted by atomic mass is 16.5. The Morgan fingerprint density at radius 2 is 1.67 bits per heavy atom. The molecule has 81 valence electrons. The summed E-state index contributed by atoms with van der Waals surface area (Å²) in [4.78, 5) is 0. The number of nitrogens with zero attached hydrogens (tertiary/aromatic N) is 1. The van der Waals surface area contributed by atoms with E-state index in [1.165, 1.54) is 5.06 Å². The first-order valence-electron chi connectivity index (χ1n) is 5.50. The Morgan fingerprint density at radius 3 is 2.13 bits per heavy atom. The molecule has 15 heavy (non-hydrogen) atoms. The molecular weight excluding hydrogens is 186 g/mol. The van der Waals surface area contributed by atoms with Gasteiger partial charge < -0.3 is 0 Å². The molecule has 1 atom stereocenters. The van der Waals surface area contributed by atoms with Crippen molar-refractivity contribution in [3.63, 3.8) is 0 Å². The van der Waals surface area contributed by atoms with Crippen LogP contribution in [-0.4, -0.2) is 10.6 Å². The molecule has 0 N–H and O–H groups in total. The second-order valence-electron chi connectivity index (χ2n) is 5.25. The summed E-state index contributed by atoms with van der Waals surface area (Å²) in [6, 6.07) is 10.1. The molecule has 1 aliphatic rings. The van der Waals surface area contributed by atoms with E-state index in [2.05, 4.69) is 0 Å². The van der Waals surface area contributed by atoms with Crippen LogP contribution >= 0.6 is 0 Å². The van der Waals surface area contributed by atoms with E-state index in [-0.39, 0.29) is 11.1 Å². The van der Waals surface area contributed by atoms with Crippen LogP contribution in [0.4, 0.5) is 0 Å². The Labute approximate surface area is 91.5 Å². The van der Waals surface area contributed by atoms with Crippen LogP contribution in [0.1, 0.15) is 39.2 Å². The van der Waals surface area contributed by atoms with Crippen LogP contribution in [0.3, 0.4) is 0 Å². The molecule has 1 aliphatic heterocycles. The van der Waals surface area contributed by atoms with Gasteiger partial charge in [-0.3, -0.25) is 0 Å².